The standard InChI is InChI=1S/C16H13ClN2O6S/c17-9-6-26-14-11(13(21)19(14)12(9)16(24)25)18-10(20)5-7-3-1-2-4-8(7)15(22)23/h1-4,11,14H,5-6H2,(H,18,20)(H,22,23)(H,24,25)/t11?,14-/m1/s1. The summed E-state index contributed by atoms with van der Waals surface area (Å²) in [5, 5.41) is 20.4. The summed E-state index contributed by atoms with van der Waals surface area (Å²) < 4.78 is 0. The van der Waals surface area contributed by atoms with Crippen molar-refractivity contribution in [3.8, 4) is 0 Å². The molecule has 0 saturated carbocycles. The second kappa shape index (κ2) is 7.00. The van der Waals surface area contributed by atoms with E-state index in [2.05, 4.69) is 5.32 Å². The fourth-order valence-corrected chi connectivity index (χ4v) is 4.41. The zero-order chi connectivity index (χ0) is 19.0. The lowest BCUT2D eigenvalue weighted by atomic mass is 10.0. The van der Waals surface area contributed by atoms with Crippen LogP contribution in [0.5, 0.6) is 0 Å². The minimum atomic E-state index is -1.30. The SMILES string of the molecule is O=C(Cc1ccccc1C(=O)O)NC1C(=O)N2C(C(=O)O)=C(Cl)CS[C@H]12. The van der Waals surface area contributed by atoms with Crippen molar-refractivity contribution in [1.29, 1.82) is 0 Å². The Morgan fingerprint density at radius 3 is 2.58 bits per heavy atom. The summed E-state index contributed by atoms with van der Waals surface area (Å²) in [7, 11) is 0. The average molecular weight is 397 g/mol. The number of carboxylic acids is 2. The number of thioether (sulfide) groups is 1. The highest BCUT2D eigenvalue weighted by molar-refractivity contribution is 8.00. The first-order valence-electron chi connectivity index (χ1n) is 7.48. The van der Waals surface area contributed by atoms with Crippen molar-refractivity contribution in [2.45, 2.75) is 17.8 Å². The van der Waals surface area contributed by atoms with Crippen LogP contribution in [0.1, 0.15) is 15.9 Å². The van der Waals surface area contributed by atoms with Crippen molar-refractivity contribution in [2.75, 3.05) is 5.75 Å². The number of fused-ring (bicyclic) bond motifs is 1. The second-order valence-electron chi connectivity index (χ2n) is 5.65. The van der Waals surface area contributed by atoms with E-state index in [-0.39, 0.29) is 28.5 Å². The molecule has 2 aliphatic rings. The molecule has 3 N–H and O–H groups in total. The maximum absolute atomic E-state index is 12.3. The van der Waals surface area contributed by atoms with Gasteiger partial charge in [0.15, 0.2) is 0 Å². The third-order valence-corrected chi connectivity index (χ3v) is 5.79. The molecule has 2 aliphatic heterocycles. The number of nitrogens with zero attached hydrogens (tertiary/aromatic N) is 1. The van der Waals surface area contributed by atoms with Gasteiger partial charge in [0, 0.05) is 5.75 Å². The second-order valence-corrected chi connectivity index (χ2v) is 7.21. The van der Waals surface area contributed by atoms with Crippen LogP contribution in [0.4, 0.5) is 0 Å². The molecule has 1 fully saturated rings. The van der Waals surface area contributed by atoms with E-state index in [9.17, 15) is 24.3 Å². The number of carbonyl (C=O) groups is 4. The highest BCUT2D eigenvalue weighted by Crippen LogP contribution is 2.41. The maximum Gasteiger partial charge on any atom is 0.353 e. The fourth-order valence-electron chi connectivity index (χ4n) is 2.86. The molecule has 2 amide bonds. The number of nitrogens with one attached hydrogen (secondary N) is 1. The van der Waals surface area contributed by atoms with Gasteiger partial charge in [0.2, 0.25) is 5.91 Å². The lowest BCUT2D eigenvalue weighted by Gasteiger charge is -2.48. The lowest BCUT2D eigenvalue weighted by molar-refractivity contribution is -0.150. The van der Waals surface area contributed by atoms with E-state index in [0.29, 0.717) is 5.56 Å². The molecule has 1 aromatic rings. The lowest BCUT2D eigenvalue weighted by Crippen LogP contribution is -2.70. The monoisotopic (exact) mass is 396 g/mol. The number of carbonyl (C=O) groups excluding carboxylic acids is 2. The van der Waals surface area contributed by atoms with Crippen molar-refractivity contribution in [3.63, 3.8) is 0 Å². The molecular weight excluding hydrogens is 384 g/mol. The average Bonchev–Trinajstić information content (AvgIpc) is 2.59. The van der Waals surface area contributed by atoms with Crippen LogP contribution >= 0.6 is 23.4 Å². The molecule has 136 valence electrons. The Bertz CT molecular complexity index is 855. The molecule has 0 spiro atoms. The molecule has 2 heterocycles. The Hall–Kier alpha value is -2.52. The molecule has 10 heteroatoms. The van der Waals surface area contributed by atoms with Gasteiger partial charge in [0.05, 0.1) is 17.0 Å². The van der Waals surface area contributed by atoms with Crippen LogP contribution < -0.4 is 5.32 Å². The molecule has 1 aromatic carbocycles. The molecule has 1 saturated heterocycles. The highest BCUT2D eigenvalue weighted by atomic mass is 35.5. The summed E-state index contributed by atoms with van der Waals surface area (Å²) in [5.41, 5.74) is 0.0767. The molecule has 0 radical (unpaired) electrons. The van der Waals surface area contributed by atoms with Gasteiger partial charge in [-0.1, -0.05) is 29.8 Å². The van der Waals surface area contributed by atoms with Crippen LogP contribution in [-0.4, -0.2) is 56.0 Å². The third-order valence-electron chi connectivity index (χ3n) is 4.04. The molecule has 3 rings (SSSR count). The van der Waals surface area contributed by atoms with Crippen LogP contribution in [-0.2, 0) is 20.8 Å². The number of rotatable bonds is 5. The van der Waals surface area contributed by atoms with Crippen molar-refractivity contribution in [1.82, 2.24) is 10.2 Å². The van der Waals surface area contributed by atoms with Crippen molar-refractivity contribution < 1.29 is 29.4 Å². The number of hydrogen-bond donors (Lipinski definition) is 3. The summed E-state index contributed by atoms with van der Waals surface area (Å²) in [5.74, 6) is -3.29. The number of hydrogen-bond acceptors (Lipinski definition) is 5. The molecule has 0 aliphatic carbocycles. The van der Waals surface area contributed by atoms with Gasteiger partial charge >= 0.3 is 11.9 Å². The van der Waals surface area contributed by atoms with Crippen LogP contribution in [0, 0.1) is 0 Å². The number of carboxylic acid groups (broad SMARTS) is 2. The summed E-state index contributed by atoms with van der Waals surface area (Å²) in [6.07, 6.45) is -0.202. The van der Waals surface area contributed by atoms with Gasteiger partial charge in [-0.3, -0.25) is 14.5 Å². The summed E-state index contributed by atoms with van der Waals surface area (Å²) in [4.78, 5) is 48.1. The molecule has 0 aromatic heterocycles. The topological polar surface area (TPSA) is 124 Å². The molecule has 8 nitrogen and oxygen atoms in total. The number of halogens is 1. The quantitative estimate of drug-likeness (QED) is 0.630. The van der Waals surface area contributed by atoms with E-state index >= 15 is 0 Å². The van der Waals surface area contributed by atoms with Gasteiger partial charge in [0.1, 0.15) is 17.1 Å². The van der Waals surface area contributed by atoms with Gasteiger partial charge in [-0.25, -0.2) is 9.59 Å². The van der Waals surface area contributed by atoms with E-state index in [1.54, 1.807) is 12.1 Å². The Labute approximate surface area is 156 Å². The molecule has 0 bridgehead atoms. The minimum absolute atomic E-state index is 0.0131. The van der Waals surface area contributed by atoms with Crippen molar-refractivity contribution >= 4 is 47.1 Å². The predicted molar refractivity (Wildman–Crippen MR) is 92.6 cm³/mol. The van der Waals surface area contributed by atoms with E-state index in [1.807, 2.05) is 0 Å². The van der Waals surface area contributed by atoms with Crippen LogP contribution in [0.25, 0.3) is 0 Å². The molecule has 26 heavy (non-hydrogen) atoms. The molecule has 2 atom stereocenters. The van der Waals surface area contributed by atoms with Crippen molar-refractivity contribution in [3.05, 3.63) is 46.1 Å². The van der Waals surface area contributed by atoms with Crippen LogP contribution in [0.15, 0.2) is 35.0 Å². The van der Waals surface area contributed by atoms with Gasteiger partial charge in [0.25, 0.3) is 5.91 Å². The van der Waals surface area contributed by atoms with Crippen molar-refractivity contribution in [2.24, 2.45) is 0 Å². The fraction of sp³-hybridized carbons (Fsp3) is 0.250. The van der Waals surface area contributed by atoms with Crippen LogP contribution in [0.2, 0.25) is 0 Å². The highest BCUT2D eigenvalue weighted by Gasteiger charge is 2.54. The minimum Gasteiger partial charge on any atom is -0.478 e. The van der Waals surface area contributed by atoms with E-state index in [4.69, 9.17) is 16.7 Å². The first kappa shape index (κ1) is 18.3. The molecule has 1 unspecified atom stereocenters. The van der Waals surface area contributed by atoms with E-state index in [0.717, 1.165) is 4.90 Å². The zero-order valence-corrected chi connectivity index (χ0v) is 14.7. The number of β-lactam (4-membered cyclic amide) rings is 1. The number of amides is 2. The maximum atomic E-state index is 12.3. The van der Waals surface area contributed by atoms with Crippen LogP contribution in [0.3, 0.4) is 0 Å². The summed E-state index contributed by atoms with van der Waals surface area (Å²) in [6, 6.07) is 5.22. The molecular formula is C16H13ClN2O6S. The smallest absolute Gasteiger partial charge is 0.353 e. The van der Waals surface area contributed by atoms with Gasteiger partial charge in [-0.15, -0.1) is 11.8 Å². The summed E-state index contributed by atoms with van der Waals surface area (Å²) >= 11 is 7.14. The Balaban J connectivity index is 1.70. The first-order valence-corrected chi connectivity index (χ1v) is 8.91. The Morgan fingerprint density at radius 1 is 1.23 bits per heavy atom. The predicted octanol–water partition coefficient (Wildman–Crippen LogP) is 0.862. The number of aromatic carboxylic acids is 1. The number of aliphatic carboxylic acids is 1. The Kier molecular flexibility index (Phi) is 4.92. The van der Waals surface area contributed by atoms with Gasteiger partial charge in [-0.05, 0) is 11.6 Å². The van der Waals surface area contributed by atoms with Gasteiger partial charge < -0.3 is 15.5 Å². The van der Waals surface area contributed by atoms with E-state index in [1.165, 1.54) is 23.9 Å². The Morgan fingerprint density at radius 2 is 1.92 bits per heavy atom. The number of benzene rings is 1. The first-order chi connectivity index (χ1) is 12.3. The van der Waals surface area contributed by atoms with E-state index < -0.39 is 35.2 Å². The zero-order valence-electron chi connectivity index (χ0n) is 13.1. The van der Waals surface area contributed by atoms with Gasteiger partial charge in [-0.2, -0.15) is 0 Å². The summed E-state index contributed by atoms with van der Waals surface area (Å²) in [6.45, 7) is 0. The normalized spacial score (nSPS) is 21.7. The third kappa shape index (κ3) is 3.15. The largest absolute Gasteiger partial charge is 0.478 e.